The molecule has 3 rings (SSSR count). The number of halogens is 1. The van der Waals surface area contributed by atoms with E-state index in [1.807, 2.05) is 25.1 Å². The van der Waals surface area contributed by atoms with Crippen LogP contribution in [0.15, 0.2) is 24.3 Å². The third kappa shape index (κ3) is 4.18. The van der Waals surface area contributed by atoms with Gasteiger partial charge in [-0.05, 0) is 31.9 Å². The van der Waals surface area contributed by atoms with Crippen LogP contribution in [0.25, 0.3) is 11.3 Å². The van der Waals surface area contributed by atoms with Crippen molar-refractivity contribution in [2.24, 2.45) is 5.92 Å². The highest BCUT2D eigenvalue weighted by Crippen LogP contribution is 2.32. The molecule has 1 amide bonds. The van der Waals surface area contributed by atoms with Crippen molar-refractivity contribution >= 4 is 39.9 Å². The van der Waals surface area contributed by atoms with Gasteiger partial charge in [0.2, 0.25) is 5.91 Å². The molecule has 1 aliphatic rings. The number of benzene rings is 1. The second-order valence-corrected chi connectivity index (χ2v) is 7.64. The van der Waals surface area contributed by atoms with Crippen LogP contribution in [-0.4, -0.2) is 34.6 Å². The zero-order chi connectivity index (χ0) is 18.0. The van der Waals surface area contributed by atoms with Crippen molar-refractivity contribution in [3.8, 4) is 11.3 Å². The molecule has 25 heavy (non-hydrogen) atoms. The van der Waals surface area contributed by atoms with Crippen molar-refractivity contribution in [1.29, 1.82) is 0 Å². The Morgan fingerprint density at radius 2 is 2.20 bits per heavy atom. The molecule has 0 spiro atoms. The maximum absolute atomic E-state index is 12.4. The number of amides is 1. The average Bonchev–Trinajstić information content (AvgIpc) is 2.95. The number of carbonyl (C=O) groups excluding carboxylic acids is 1. The van der Waals surface area contributed by atoms with Crippen molar-refractivity contribution < 1.29 is 14.7 Å². The van der Waals surface area contributed by atoms with E-state index in [0.29, 0.717) is 29.5 Å². The van der Waals surface area contributed by atoms with Gasteiger partial charge in [-0.1, -0.05) is 23.7 Å². The maximum Gasteiger partial charge on any atom is 0.320 e. The fraction of sp³-hybridized carbons (Fsp3) is 0.353. The molecule has 132 valence electrons. The number of carboxylic acid groups (broad SMARTS) is 1. The highest BCUT2D eigenvalue weighted by molar-refractivity contribution is 7.16. The number of carboxylic acids is 1. The van der Waals surface area contributed by atoms with Crippen molar-refractivity contribution in [1.82, 2.24) is 10.3 Å². The van der Waals surface area contributed by atoms with Crippen LogP contribution in [0.4, 0.5) is 5.13 Å². The summed E-state index contributed by atoms with van der Waals surface area (Å²) in [5, 5.41) is 15.9. The minimum Gasteiger partial charge on any atom is -0.480 e. The number of rotatable bonds is 4. The Bertz CT molecular complexity index is 800. The van der Waals surface area contributed by atoms with Gasteiger partial charge < -0.3 is 15.7 Å². The van der Waals surface area contributed by atoms with Crippen molar-refractivity contribution in [3.05, 3.63) is 34.2 Å². The van der Waals surface area contributed by atoms with Crippen LogP contribution < -0.4 is 10.6 Å². The molecule has 1 aromatic heterocycles. The zero-order valence-corrected chi connectivity index (χ0v) is 15.2. The zero-order valence-electron chi connectivity index (χ0n) is 13.6. The molecular formula is C17H18ClN3O3S. The van der Waals surface area contributed by atoms with E-state index < -0.39 is 12.0 Å². The summed E-state index contributed by atoms with van der Waals surface area (Å²) in [6.07, 6.45) is 0.986. The third-order valence-electron chi connectivity index (χ3n) is 4.21. The van der Waals surface area contributed by atoms with Gasteiger partial charge >= 0.3 is 5.97 Å². The van der Waals surface area contributed by atoms with Crippen LogP contribution in [0.3, 0.4) is 0 Å². The number of aromatic nitrogens is 1. The van der Waals surface area contributed by atoms with E-state index in [1.54, 1.807) is 6.07 Å². The number of carbonyl (C=O) groups is 2. The second-order valence-electron chi connectivity index (χ2n) is 6.00. The Morgan fingerprint density at radius 3 is 2.84 bits per heavy atom. The van der Waals surface area contributed by atoms with Crippen molar-refractivity contribution in [3.63, 3.8) is 0 Å². The van der Waals surface area contributed by atoms with Crippen LogP contribution in [0, 0.1) is 12.8 Å². The van der Waals surface area contributed by atoms with Crippen LogP contribution in [0.5, 0.6) is 0 Å². The monoisotopic (exact) mass is 379 g/mol. The maximum atomic E-state index is 12.4. The molecule has 3 N–H and O–H groups in total. The van der Waals surface area contributed by atoms with E-state index in [0.717, 1.165) is 16.1 Å². The molecule has 2 unspecified atom stereocenters. The average molecular weight is 380 g/mol. The molecule has 2 atom stereocenters. The summed E-state index contributed by atoms with van der Waals surface area (Å²) in [6, 6.07) is 6.86. The normalized spacial score (nSPS) is 20.2. The smallest absolute Gasteiger partial charge is 0.320 e. The summed E-state index contributed by atoms with van der Waals surface area (Å²) in [4.78, 5) is 28.8. The summed E-state index contributed by atoms with van der Waals surface area (Å²) in [7, 11) is 0. The Balaban J connectivity index is 1.67. The predicted molar refractivity (Wildman–Crippen MR) is 98.1 cm³/mol. The minimum absolute atomic E-state index is 0.136. The van der Waals surface area contributed by atoms with Gasteiger partial charge in [0.15, 0.2) is 5.13 Å². The number of aryl methyl sites for hydroxylation is 1. The first-order valence-corrected chi connectivity index (χ1v) is 9.14. The topological polar surface area (TPSA) is 91.3 Å². The Labute approximate surface area is 154 Å². The molecule has 1 fully saturated rings. The lowest BCUT2D eigenvalue weighted by atomic mass is 9.94. The first-order chi connectivity index (χ1) is 11.9. The number of nitrogens with one attached hydrogen (secondary N) is 2. The summed E-state index contributed by atoms with van der Waals surface area (Å²) in [5.74, 6) is -1.27. The fourth-order valence-corrected chi connectivity index (χ4v) is 3.88. The number of piperidine rings is 1. The number of thiazole rings is 1. The molecule has 0 saturated carbocycles. The molecule has 0 bridgehead atoms. The molecule has 8 heteroatoms. The summed E-state index contributed by atoms with van der Waals surface area (Å²) >= 11 is 7.44. The predicted octanol–water partition coefficient (Wildman–Crippen LogP) is 3.16. The molecule has 6 nitrogen and oxygen atoms in total. The lowest BCUT2D eigenvalue weighted by Crippen LogP contribution is -2.46. The van der Waals surface area contributed by atoms with Crippen LogP contribution in [0.1, 0.15) is 17.7 Å². The van der Waals surface area contributed by atoms with Crippen LogP contribution in [0.2, 0.25) is 5.02 Å². The van der Waals surface area contributed by atoms with Crippen LogP contribution in [-0.2, 0) is 9.59 Å². The Hall–Kier alpha value is -1.96. The van der Waals surface area contributed by atoms with Gasteiger partial charge in [-0.3, -0.25) is 9.59 Å². The number of anilines is 1. The first-order valence-electron chi connectivity index (χ1n) is 7.94. The van der Waals surface area contributed by atoms with Crippen molar-refractivity contribution in [2.45, 2.75) is 25.8 Å². The molecular weight excluding hydrogens is 362 g/mol. The summed E-state index contributed by atoms with van der Waals surface area (Å²) < 4.78 is 0. The van der Waals surface area contributed by atoms with Gasteiger partial charge in [-0.25, -0.2) is 4.98 Å². The molecule has 1 aromatic carbocycles. The van der Waals surface area contributed by atoms with E-state index >= 15 is 0 Å². The number of aliphatic carboxylic acids is 1. The van der Waals surface area contributed by atoms with Crippen molar-refractivity contribution in [2.75, 3.05) is 11.9 Å². The summed E-state index contributed by atoms with van der Waals surface area (Å²) in [6.45, 7) is 2.30. The molecule has 2 heterocycles. The molecule has 1 saturated heterocycles. The highest BCUT2D eigenvalue weighted by atomic mass is 35.5. The number of hydrogen-bond donors (Lipinski definition) is 3. The Morgan fingerprint density at radius 1 is 1.40 bits per heavy atom. The molecule has 0 radical (unpaired) electrons. The van der Waals surface area contributed by atoms with Gasteiger partial charge in [0.25, 0.3) is 0 Å². The Kier molecular flexibility index (Phi) is 5.36. The lowest BCUT2D eigenvalue weighted by Gasteiger charge is -2.26. The third-order valence-corrected chi connectivity index (χ3v) is 5.33. The lowest BCUT2D eigenvalue weighted by molar-refractivity contribution is -0.141. The SMILES string of the molecule is Cc1sc(NC(=O)C2CCC(C(=O)O)NC2)nc1-c1cccc(Cl)c1. The highest BCUT2D eigenvalue weighted by Gasteiger charge is 2.29. The molecule has 2 aromatic rings. The van der Waals surface area contributed by atoms with Gasteiger partial charge in [-0.2, -0.15) is 0 Å². The van der Waals surface area contributed by atoms with Gasteiger partial charge in [0, 0.05) is 22.0 Å². The minimum atomic E-state index is -0.874. The number of nitrogens with zero attached hydrogens (tertiary/aromatic N) is 1. The molecule has 0 aliphatic carbocycles. The summed E-state index contributed by atoms with van der Waals surface area (Å²) in [5.41, 5.74) is 1.71. The quantitative estimate of drug-likeness (QED) is 0.759. The standard InChI is InChI=1S/C17H18ClN3O3S/c1-9-14(10-3-2-4-12(18)7-10)20-17(25-9)21-15(22)11-5-6-13(16(23)24)19-8-11/h2-4,7,11,13,19H,5-6,8H2,1H3,(H,23,24)(H,20,21,22). The van der Waals surface area contributed by atoms with E-state index in [4.69, 9.17) is 16.7 Å². The number of hydrogen-bond acceptors (Lipinski definition) is 5. The van der Waals surface area contributed by atoms with E-state index in [9.17, 15) is 9.59 Å². The fourth-order valence-electron chi connectivity index (χ4n) is 2.85. The van der Waals surface area contributed by atoms with E-state index in [-0.39, 0.29) is 11.8 Å². The van der Waals surface area contributed by atoms with Gasteiger partial charge in [0.05, 0.1) is 11.6 Å². The molecule has 1 aliphatic heterocycles. The second kappa shape index (κ2) is 7.51. The first kappa shape index (κ1) is 17.8. The van der Waals surface area contributed by atoms with Gasteiger partial charge in [0.1, 0.15) is 6.04 Å². The van der Waals surface area contributed by atoms with E-state index in [1.165, 1.54) is 11.3 Å². The van der Waals surface area contributed by atoms with Gasteiger partial charge in [-0.15, -0.1) is 11.3 Å². The largest absolute Gasteiger partial charge is 0.480 e. The van der Waals surface area contributed by atoms with E-state index in [2.05, 4.69) is 15.6 Å². The van der Waals surface area contributed by atoms with Crippen LogP contribution >= 0.6 is 22.9 Å².